The molecule has 0 saturated heterocycles. The first-order valence-electron chi connectivity index (χ1n) is 6.20. The van der Waals surface area contributed by atoms with Crippen molar-refractivity contribution in [3.63, 3.8) is 0 Å². The highest BCUT2D eigenvalue weighted by molar-refractivity contribution is 6.00. The molecule has 0 fully saturated rings. The maximum atomic E-state index is 11.6. The summed E-state index contributed by atoms with van der Waals surface area (Å²) < 4.78 is 0. The maximum Gasteiger partial charge on any atom is 0.231 e. The van der Waals surface area contributed by atoms with Gasteiger partial charge in [0, 0.05) is 24.3 Å². The van der Waals surface area contributed by atoms with Gasteiger partial charge in [-0.1, -0.05) is 12.1 Å². The zero-order valence-corrected chi connectivity index (χ0v) is 11.4. The second-order valence-electron chi connectivity index (χ2n) is 5.47. The number of carbonyl (C=O) groups is 1. The van der Waals surface area contributed by atoms with E-state index in [9.17, 15) is 4.79 Å². The van der Waals surface area contributed by atoms with Crippen molar-refractivity contribution in [2.75, 3.05) is 19.0 Å². The van der Waals surface area contributed by atoms with Gasteiger partial charge in [-0.3, -0.25) is 4.79 Å². The summed E-state index contributed by atoms with van der Waals surface area (Å²) in [4.78, 5) is 13.3. The molecule has 1 aliphatic heterocycles. The van der Waals surface area contributed by atoms with E-state index in [0.29, 0.717) is 6.42 Å². The zero-order chi connectivity index (χ0) is 13.5. The molecule has 1 amide bonds. The Bertz CT molecular complexity index is 482. The van der Waals surface area contributed by atoms with Crippen molar-refractivity contribution in [2.24, 2.45) is 5.73 Å². The fourth-order valence-electron chi connectivity index (χ4n) is 2.26. The van der Waals surface area contributed by atoms with Crippen LogP contribution in [0.4, 0.5) is 5.69 Å². The minimum Gasteiger partial charge on any atom is -0.322 e. The van der Waals surface area contributed by atoms with E-state index in [1.54, 1.807) is 4.90 Å². The molecule has 4 heteroatoms. The number of nitrogens with zero attached hydrogens (tertiary/aromatic N) is 1. The number of anilines is 1. The van der Waals surface area contributed by atoms with Gasteiger partial charge in [-0.15, -0.1) is 0 Å². The summed E-state index contributed by atoms with van der Waals surface area (Å²) in [7, 11) is 3.72. The fraction of sp³-hybridized carbons (Fsp3) is 0.500. The first-order chi connectivity index (χ1) is 8.36. The van der Waals surface area contributed by atoms with E-state index in [0.717, 1.165) is 16.8 Å². The lowest BCUT2D eigenvalue weighted by Gasteiger charge is -2.32. The van der Waals surface area contributed by atoms with E-state index in [2.05, 4.69) is 25.2 Å². The average Bonchev–Trinajstić information content (AvgIpc) is 2.63. The van der Waals surface area contributed by atoms with Crippen LogP contribution in [-0.4, -0.2) is 25.5 Å². The third-order valence-corrected chi connectivity index (χ3v) is 3.96. The van der Waals surface area contributed by atoms with Crippen molar-refractivity contribution in [2.45, 2.75) is 31.8 Å². The van der Waals surface area contributed by atoms with Crippen LogP contribution >= 0.6 is 0 Å². The molecule has 1 aromatic carbocycles. The second-order valence-corrected chi connectivity index (χ2v) is 5.47. The van der Waals surface area contributed by atoms with Gasteiger partial charge < -0.3 is 16.0 Å². The molecule has 4 nitrogen and oxygen atoms in total. The number of nitrogens with two attached hydrogens (primary N) is 1. The van der Waals surface area contributed by atoms with E-state index < -0.39 is 0 Å². The van der Waals surface area contributed by atoms with Gasteiger partial charge in [-0.2, -0.15) is 0 Å². The average molecular weight is 247 g/mol. The lowest BCUT2D eigenvalue weighted by Crippen LogP contribution is -2.46. The third kappa shape index (κ3) is 2.02. The Balaban J connectivity index is 2.34. The number of benzene rings is 1. The Morgan fingerprint density at radius 1 is 1.44 bits per heavy atom. The van der Waals surface area contributed by atoms with Crippen molar-refractivity contribution < 1.29 is 4.79 Å². The van der Waals surface area contributed by atoms with Crippen LogP contribution in [0.25, 0.3) is 0 Å². The Morgan fingerprint density at radius 2 is 2.11 bits per heavy atom. The largest absolute Gasteiger partial charge is 0.322 e. The molecule has 0 aromatic heterocycles. The smallest absolute Gasteiger partial charge is 0.231 e. The van der Waals surface area contributed by atoms with Gasteiger partial charge in [-0.05, 0) is 38.1 Å². The molecular formula is C14H21N3O. The lowest BCUT2D eigenvalue weighted by molar-refractivity contribution is -0.117. The molecule has 1 heterocycles. The number of amides is 1. The van der Waals surface area contributed by atoms with Crippen molar-refractivity contribution in [1.29, 1.82) is 0 Å². The Hall–Kier alpha value is -1.39. The van der Waals surface area contributed by atoms with Crippen LogP contribution in [-0.2, 0) is 11.2 Å². The molecule has 0 spiro atoms. The first-order valence-corrected chi connectivity index (χ1v) is 6.20. The second kappa shape index (κ2) is 4.37. The van der Waals surface area contributed by atoms with Crippen molar-refractivity contribution >= 4 is 11.6 Å². The molecule has 1 aromatic rings. The van der Waals surface area contributed by atoms with Gasteiger partial charge in [0.1, 0.15) is 0 Å². The number of fused-ring (bicyclic) bond motifs is 1. The van der Waals surface area contributed by atoms with E-state index in [1.165, 1.54) is 0 Å². The molecule has 0 bridgehead atoms. The third-order valence-electron chi connectivity index (χ3n) is 3.96. The van der Waals surface area contributed by atoms with Gasteiger partial charge in [-0.25, -0.2) is 0 Å². The maximum absolute atomic E-state index is 11.6. The summed E-state index contributed by atoms with van der Waals surface area (Å²) in [5.74, 6) is 0.142. The van der Waals surface area contributed by atoms with Gasteiger partial charge in [0.25, 0.3) is 0 Å². The highest BCUT2D eigenvalue weighted by atomic mass is 16.2. The Labute approximate surface area is 108 Å². The number of rotatable bonds is 3. The number of hydrogen-bond acceptors (Lipinski definition) is 3. The minimum absolute atomic E-state index is 0.103. The first kappa shape index (κ1) is 13.1. The molecule has 1 aliphatic rings. The fourth-order valence-corrected chi connectivity index (χ4v) is 2.26. The van der Waals surface area contributed by atoms with E-state index in [4.69, 9.17) is 5.73 Å². The van der Waals surface area contributed by atoms with E-state index in [1.807, 2.05) is 26.2 Å². The van der Waals surface area contributed by atoms with Gasteiger partial charge in [0.15, 0.2) is 0 Å². The molecule has 0 radical (unpaired) electrons. The highest BCUT2D eigenvalue weighted by Gasteiger charge is 2.29. The molecule has 0 saturated carbocycles. The predicted molar refractivity (Wildman–Crippen MR) is 73.6 cm³/mol. The topological polar surface area (TPSA) is 58.4 Å². The molecule has 1 unspecified atom stereocenters. The number of likely N-dealkylation sites (N-methyl/N-ethyl adjacent to an activating group) is 2. The Kier molecular flexibility index (Phi) is 3.17. The summed E-state index contributed by atoms with van der Waals surface area (Å²) in [5.41, 5.74) is 9.24. The minimum atomic E-state index is -0.178. The van der Waals surface area contributed by atoms with Crippen LogP contribution in [0.15, 0.2) is 18.2 Å². The van der Waals surface area contributed by atoms with E-state index in [-0.39, 0.29) is 17.5 Å². The molecular weight excluding hydrogens is 226 g/mol. The van der Waals surface area contributed by atoms with Crippen molar-refractivity contribution in [3.8, 4) is 0 Å². The van der Waals surface area contributed by atoms with Crippen LogP contribution in [0.2, 0.25) is 0 Å². The number of nitrogens with one attached hydrogen (secondary N) is 1. The van der Waals surface area contributed by atoms with Gasteiger partial charge in [0.2, 0.25) is 5.91 Å². The van der Waals surface area contributed by atoms with Crippen LogP contribution in [0.5, 0.6) is 0 Å². The van der Waals surface area contributed by atoms with Gasteiger partial charge >= 0.3 is 0 Å². The highest BCUT2D eigenvalue weighted by Crippen LogP contribution is 2.32. The number of carbonyl (C=O) groups excluding carboxylic acids is 1. The molecule has 3 N–H and O–H groups in total. The predicted octanol–water partition coefficient (Wildman–Crippen LogP) is 1.20. The van der Waals surface area contributed by atoms with Crippen molar-refractivity contribution in [1.82, 2.24) is 5.32 Å². The molecule has 98 valence electrons. The van der Waals surface area contributed by atoms with Crippen LogP contribution < -0.4 is 16.0 Å². The number of hydrogen-bond donors (Lipinski definition) is 2. The summed E-state index contributed by atoms with van der Waals surface area (Å²) in [6.45, 7) is 4.14. The summed E-state index contributed by atoms with van der Waals surface area (Å²) in [6.07, 6.45) is 0.479. The van der Waals surface area contributed by atoms with Crippen molar-refractivity contribution in [3.05, 3.63) is 29.3 Å². The van der Waals surface area contributed by atoms with Crippen LogP contribution in [0.3, 0.4) is 0 Å². The molecule has 2 rings (SSSR count). The normalized spacial score (nSPS) is 16.9. The molecule has 0 aliphatic carbocycles. The summed E-state index contributed by atoms with van der Waals surface area (Å²) >= 11 is 0. The van der Waals surface area contributed by atoms with Crippen LogP contribution in [0, 0.1) is 0 Å². The standard InChI is InChI=1S/C14H21N3O/c1-14(2,16-3)13(15)9-5-6-11-10(7-9)8-12(18)17(11)4/h5-7,13,16H,8,15H2,1-4H3. The zero-order valence-electron chi connectivity index (χ0n) is 11.4. The summed E-state index contributed by atoms with van der Waals surface area (Å²) in [5, 5.41) is 3.22. The Morgan fingerprint density at radius 3 is 2.72 bits per heavy atom. The quantitative estimate of drug-likeness (QED) is 0.844. The molecule has 18 heavy (non-hydrogen) atoms. The monoisotopic (exact) mass is 247 g/mol. The summed E-state index contributed by atoms with van der Waals surface area (Å²) in [6, 6.07) is 5.95. The van der Waals surface area contributed by atoms with E-state index >= 15 is 0 Å². The van der Waals surface area contributed by atoms with Crippen LogP contribution in [0.1, 0.15) is 31.0 Å². The SMILES string of the molecule is CNC(C)(C)C(N)c1ccc2c(c1)CC(=O)N2C. The lowest BCUT2D eigenvalue weighted by atomic mass is 9.88. The van der Waals surface area contributed by atoms with Gasteiger partial charge in [0.05, 0.1) is 6.42 Å². The molecule has 1 atom stereocenters.